The number of rotatable bonds is 1. The molecule has 1 unspecified atom stereocenters. The lowest BCUT2D eigenvalue weighted by molar-refractivity contribution is -0.170. The van der Waals surface area contributed by atoms with E-state index in [1.54, 1.807) is 0 Å². The second-order valence-electron chi connectivity index (χ2n) is 8.31. The Kier molecular flexibility index (Phi) is 2.39. The Morgan fingerprint density at radius 2 is 1.57 bits per heavy atom. The molecule has 0 radical (unpaired) electrons. The highest BCUT2D eigenvalue weighted by Gasteiger charge is 2.57. The maximum absolute atomic E-state index is 13.0. The summed E-state index contributed by atoms with van der Waals surface area (Å²) < 4.78 is 0. The van der Waals surface area contributed by atoms with Crippen molar-refractivity contribution in [3.05, 3.63) is 0 Å². The highest BCUT2D eigenvalue weighted by Crippen LogP contribution is 2.58. The minimum absolute atomic E-state index is 0.0518. The van der Waals surface area contributed by atoms with Gasteiger partial charge in [0, 0.05) is 12.1 Å². The molecule has 6 fully saturated rings. The highest BCUT2D eigenvalue weighted by molar-refractivity contribution is 5.95. The van der Waals surface area contributed by atoms with E-state index in [4.69, 9.17) is 0 Å². The lowest BCUT2D eigenvalue weighted by atomic mass is 9.52. The summed E-state index contributed by atoms with van der Waals surface area (Å²) in [6, 6.07) is -0.126. The van der Waals surface area contributed by atoms with Gasteiger partial charge in [0.1, 0.15) is 12.6 Å². The lowest BCUT2D eigenvalue weighted by Gasteiger charge is -2.61. The number of hydrogen-bond donors (Lipinski definition) is 0. The topological polar surface area (TPSA) is 40.6 Å². The third-order valence-electron chi connectivity index (χ3n) is 7.00. The molecule has 2 aliphatic heterocycles. The molecule has 4 bridgehead atoms. The van der Waals surface area contributed by atoms with Gasteiger partial charge < -0.3 is 9.80 Å². The van der Waals surface area contributed by atoms with Gasteiger partial charge in [0.2, 0.25) is 11.8 Å². The Morgan fingerprint density at radius 3 is 2.19 bits per heavy atom. The van der Waals surface area contributed by atoms with E-state index in [0.29, 0.717) is 6.54 Å². The molecule has 4 saturated carbocycles. The summed E-state index contributed by atoms with van der Waals surface area (Å²) in [5.74, 6) is 2.93. The van der Waals surface area contributed by atoms with Crippen molar-refractivity contribution in [1.29, 1.82) is 0 Å². The predicted molar refractivity (Wildman–Crippen MR) is 77.4 cm³/mol. The van der Waals surface area contributed by atoms with Crippen LogP contribution in [-0.2, 0) is 9.59 Å². The third kappa shape index (κ3) is 1.62. The fourth-order valence-electron chi connectivity index (χ4n) is 6.60. The van der Waals surface area contributed by atoms with Gasteiger partial charge in [-0.3, -0.25) is 9.59 Å². The van der Waals surface area contributed by atoms with Gasteiger partial charge in [-0.05, 0) is 69.1 Å². The molecule has 0 aromatic carbocycles. The van der Waals surface area contributed by atoms with Crippen LogP contribution in [0.3, 0.4) is 0 Å². The number of carbonyl (C=O) groups excluding carboxylic acids is 2. The first-order valence-corrected chi connectivity index (χ1v) is 8.76. The van der Waals surface area contributed by atoms with Crippen LogP contribution >= 0.6 is 0 Å². The van der Waals surface area contributed by atoms with Crippen LogP contribution < -0.4 is 0 Å². The van der Waals surface area contributed by atoms with Crippen molar-refractivity contribution in [3.63, 3.8) is 0 Å². The first-order valence-electron chi connectivity index (χ1n) is 8.76. The largest absolute Gasteiger partial charge is 0.329 e. The van der Waals surface area contributed by atoms with Crippen molar-refractivity contribution in [2.75, 3.05) is 13.1 Å². The number of piperazine rings is 1. The smallest absolute Gasteiger partial charge is 0.246 e. The van der Waals surface area contributed by atoms with Crippen molar-refractivity contribution in [2.24, 2.45) is 17.8 Å². The quantitative estimate of drug-likeness (QED) is 0.738. The fourth-order valence-corrected chi connectivity index (χ4v) is 6.60. The normalized spacial score (nSPS) is 48.2. The minimum atomic E-state index is -0.126. The van der Waals surface area contributed by atoms with E-state index in [-0.39, 0.29) is 23.4 Å². The first-order chi connectivity index (χ1) is 10.1. The molecule has 0 aromatic rings. The van der Waals surface area contributed by atoms with Crippen LogP contribution in [0.5, 0.6) is 0 Å². The molecule has 0 N–H and O–H groups in total. The van der Waals surface area contributed by atoms with Crippen molar-refractivity contribution in [1.82, 2.24) is 9.80 Å². The summed E-state index contributed by atoms with van der Waals surface area (Å²) >= 11 is 0. The van der Waals surface area contributed by atoms with E-state index in [2.05, 4.69) is 4.90 Å². The van der Waals surface area contributed by atoms with Crippen LogP contribution in [0.4, 0.5) is 0 Å². The van der Waals surface area contributed by atoms with Gasteiger partial charge in [-0.2, -0.15) is 0 Å². The molecule has 6 aliphatic rings. The average Bonchev–Trinajstić information content (AvgIpc) is 2.91. The summed E-state index contributed by atoms with van der Waals surface area (Å²) in [5, 5.41) is 0. The summed E-state index contributed by atoms with van der Waals surface area (Å²) in [6.07, 6.45) is 9.53. The molecule has 4 nitrogen and oxygen atoms in total. The number of nitrogens with zero attached hydrogens (tertiary/aromatic N) is 2. The van der Waals surface area contributed by atoms with Crippen molar-refractivity contribution in [2.45, 2.75) is 62.9 Å². The molecule has 0 spiro atoms. The minimum Gasteiger partial charge on any atom is -0.329 e. The van der Waals surface area contributed by atoms with Gasteiger partial charge in [-0.25, -0.2) is 0 Å². The van der Waals surface area contributed by atoms with Gasteiger partial charge in [-0.1, -0.05) is 0 Å². The molecule has 4 heteroatoms. The number of fused-ring (bicyclic) bond motifs is 1. The van der Waals surface area contributed by atoms with Gasteiger partial charge in [0.15, 0.2) is 0 Å². The zero-order valence-electron chi connectivity index (χ0n) is 12.6. The third-order valence-corrected chi connectivity index (χ3v) is 7.00. The first kappa shape index (κ1) is 12.5. The Hall–Kier alpha value is -1.06. The van der Waals surface area contributed by atoms with Gasteiger partial charge in [0.05, 0.1) is 0 Å². The molecular formula is C17H24N2O2. The van der Waals surface area contributed by atoms with Gasteiger partial charge in [0.25, 0.3) is 0 Å². The fraction of sp³-hybridized carbons (Fsp3) is 0.882. The van der Waals surface area contributed by atoms with E-state index in [9.17, 15) is 9.59 Å². The van der Waals surface area contributed by atoms with Gasteiger partial charge >= 0.3 is 0 Å². The van der Waals surface area contributed by atoms with Crippen LogP contribution in [0, 0.1) is 17.8 Å². The zero-order valence-corrected chi connectivity index (χ0v) is 12.6. The summed E-state index contributed by atoms with van der Waals surface area (Å²) in [6.45, 7) is 1.16. The van der Waals surface area contributed by atoms with Crippen LogP contribution in [0.25, 0.3) is 0 Å². The summed E-state index contributed by atoms with van der Waals surface area (Å²) in [7, 11) is 0. The van der Waals surface area contributed by atoms with Gasteiger partial charge in [-0.15, -0.1) is 0 Å². The number of carbonyl (C=O) groups is 2. The van der Waals surface area contributed by atoms with Crippen molar-refractivity contribution in [3.8, 4) is 0 Å². The molecule has 2 heterocycles. The predicted octanol–water partition coefficient (Wildman–Crippen LogP) is 1.79. The van der Waals surface area contributed by atoms with E-state index in [1.807, 2.05) is 4.90 Å². The summed E-state index contributed by atoms with van der Waals surface area (Å²) in [4.78, 5) is 29.4. The number of amides is 2. The number of hydrogen-bond acceptors (Lipinski definition) is 2. The molecular weight excluding hydrogens is 264 g/mol. The van der Waals surface area contributed by atoms with Crippen LogP contribution in [-0.4, -0.2) is 46.3 Å². The standard InChI is InChI=1S/C17H24N2O2/c20-15-10-19(16(21)14-2-1-3-18(14)15)17-7-11-4-12(8-17)6-13(5-11)9-17/h11-14H,1-10H2. The van der Waals surface area contributed by atoms with Crippen molar-refractivity contribution >= 4 is 11.8 Å². The molecule has 4 aliphatic carbocycles. The van der Waals surface area contributed by atoms with E-state index in [1.165, 1.54) is 38.5 Å². The highest BCUT2D eigenvalue weighted by atomic mass is 16.2. The second kappa shape index (κ2) is 4.02. The Morgan fingerprint density at radius 1 is 0.952 bits per heavy atom. The lowest BCUT2D eigenvalue weighted by Crippen LogP contribution is -2.68. The van der Waals surface area contributed by atoms with Crippen LogP contribution in [0.2, 0.25) is 0 Å². The molecule has 2 saturated heterocycles. The average molecular weight is 288 g/mol. The molecule has 0 aromatic heterocycles. The van der Waals surface area contributed by atoms with Crippen LogP contribution in [0.1, 0.15) is 51.4 Å². The van der Waals surface area contributed by atoms with E-state index < -0.39 is 0 Å². The Bertz CT molecular complexity index is 480. The van der Waals surface area contributed by atoms with Crippen LogP contribution in [0.15, 0.2) is 0 Å². The molecule has 21 heavy (non-hydrogen) atoms. The van der Waals surface area contributed by atoms with E-state index in [0.717, 1.165) is 37.1 Å². The maximum Gasteiger partial charge on any atom is 0.246 e. The van der Waals surface area contributed by atoms with Crippen molar-refractivity contribution < 1.29 is 9.59 Å². The Balaban J connectivity index is 1.49. The molecule has 2 amide bonds. The maximum atomic E-state index is 13.0. The Labute approximate surface area is 125 Å². The molecule has 114 valence electrons. The zero-order chi connectivity index (χ0) is 14.2. The second-order valence-corrected chi connectivity index (χ2v) is 8.31. The molecule has 6 rings (SSSR count). The van der Waals surface area contributed by atoms with E-state index >= 15 is 0 Å². The molecule has 1 atom stereocenters. The SMILES string of the molecule is O=C1CN(C23CC4CC(CC(C4)C2)C3)C(=O)C2CCCN12. The monoisotopic (exact) mass is 288 g/mol. The summed E-state index contributed by atoms with van der Waals surface area (Å²) in [5.41, 5.74) is 0.0518.